The number of amides is 3. The van der Waals surface area contributed by atoms with Crippen molar-refractivity contribution in [3.8, 4) is 17.0 Å². The molecule has 2 fully saturated rings. The minimum absolute atomic E-state index is 0.241. The summed E-state index contributed by atoms with van der Waals surface area (Å²) < 4.78 is 5.51. The molecule has 3 amide bonds. The minimum Gasteiger partial charge on any atom is -0.494 e. The van der Waals surface area contributed by atoms with E-state index in [0.29, 0.717) is 24.6 Å². The van der Waals surface area contributed by atoms with Crippen LogP contribution in [0.25, 0.3) is 11.3 Å². The number of nitrogens with zero attached hydrogens (tertiary/aromatic N) is 2. The normalized spacial score (nSPS) is 22.8. The molecule has 5 rings (SSSR count). The second kappa shape index (κ2) is 9.98. The lowest BCUT2D eigenvalue weighted by Crippen LogP contribution is -2.64. The number of benzene rings is 2. The fraction of sp³-hybridized carbons (Fsp3) is 0.400. The number of ether oxygens (including phenoxy) is 1. The Labute approximate surface area is 227 Å². The van der Waals surface area contributed by atoms with Gasteiger partial charge in [0.15, 0.2) is 5.13 Å². The van der Waals surface area contributed by atoms with E-state index in [1.807, 2.05) is 87.7 Å². The van der Waals surface area contributed by atoms with E-state index in [9.17, 15) is 14.4 Å². The fourth-order valence-corrected chi connectivity index (χ4v) is 6.55. The van der Waals surface area contributed by atoms with Crippen LogP contribution in [0.3, 0.4) is 0 Å². The molecule has 2 aromatic carbocycles. The molecule has 2 aliphatic rings. The fourth-order valence-electron chi connectivity index (χ4n) is 5.82. The Morgan fingerprint density at radius 1 is 1.13 bits per heavy atom. The monoisotopic (exact) mass is 531 g/mol. The third-order valence-corrected chi connectivity index (χ3v) is 9.29. The first-order chi connectivity index (χ1) is 18.2. The molecule has 8 heteroatoms. The Hall–Kier alpha value is -3.52. The third-order valence-electron chi connectivity index (χ3n) is 8.53. The van der Waals surface area contributed by atoms with E-state index in [-0.39, 0.29) is 24.2 Å². The van der Waals surface area contributed by atoms with E-state index in [1.165, 1.54) is 16.2 Å². The highest BCUT2D eigenvalue weighted by Gasteiger charge is 2.65. The van der Waals surface area contributed by atoms with Crippen LogP contribution in [0.5, 0.6) is 5.75 Å². The molecule has 1 saturated heterocycles. The Morgan fingerprint density at radius 3 is 2.53 bits per heavy atom. The number of hydrogen-bond acceptors (Lipinski definition) is 6. The Balaban J connectivity index is 1.42. The van der Waals surface area contributed by atoms with Gasteiger partial charge in [0.25, 0.3) is 0 Å². The summed E-state index contributed by atoms with van der Waals surface area (Å²) in [5.41, 5.74) is 1.37. The third kappa shape index (κ3) is 4.41. The van der Waals surface area contributed by atoms with E-state index >= 15 is 0 Å². The molecule has 2 bridgehead atoms. The molecule has 1 aromatic heterocycles. The van der Waals surface area contributed by atoms with Crippen LogP contribution in [-0.2, 0) is 20.8 Å². The van der Waals surface area contributed by atoms with Gasteiger partial charge in [-0.15, -0.1) is 11.3 Å². The predicted molar refractivity (Wildman–Crippen MR) is 148 cm³/mol. The Morgan fingerprint density at radius 2 is 1.84 bits per heavy atom. The number of anilines is 1. The van der Waals surface area contributed by atoms with Gasteiger partial charge >= 0.3 is 0 Å². The van der Waals surface area contributed by atoms with Gasteiger partial charge < -0.3 is 10.1 Å². The van der Waals surface area contributed by atoms with Crippen molar-refractivity contribution in [3.05, 3.63) is 65.5 Å². The molecule has 1 saturated carbocycles. The smallest absolute Gasteiger partial charge is 0.249 e. The number of rotatable bonds is 8. The second-order valence-corrected chi connectivity index (χ2v) is 11.7. The van der Waals surface area contributed by atoms with Gasteiger partial charge in [-0.05, 0) is 55.0 Å². The zero-order valence-electron chi connectivity index (χ0n) is 22.2. The van der Waals surface area contributed by atoms with Crippen molar-refractivity contribution in [1.82, 2.24) is 9.88 Å². The van der Waals surface area contributed by atoms with Crippen LogP contribution < -0.4 is 10.1 Å². The predicted octanol–water partition coefficient (Wildman–Crippen LogP) is 5.57. The lowest BCUT2D eigenvalue weighted by Gasteiger charge is -2.49. The van der Waals surface area contributed by atoms with Gasteiger partial charge in [0, 0.05) is 23.3 Å². The van der Waals surface area contributed by atoms with Crippen molar-refractivity contribution >= 4 is 34.2 Å². The molecule has 3 aromatic rings. The molecule has 1 aliphatic carbocycles. The van der Waals surface area contributed by atoms with E-state index < -0.39 is 22.8 Å². The Kier molecular flexibility index (Phi) is 6.86. The van der Waals surface area contributed by atoms with Crippen molar-refractivity contribution in [2.24, 2.45) is 16.7 Å². The lowest BCUT2D eigenvalue weighted by molar-refractivity contribution is -0.172. The van der Waals surface area contributed by atoms with Crippen molar-refractivity contribution in [2.75, 3.05) is 11.9 Å². The average Bonchev–Trinajstić information content (AvgIpc) is 3.43. The highest BCUT2D eigenvalue weighted by atomic mass is 32.1. The zero-order valence-corrected chi connectivity index (χ0v) is 23.0. The highest BCUT2D eigenvalue weighted by Crippen LogP contribution is 2.60. The van der Waals surface area contributed by atoms with Gasteiger partial charge in [0.05, 0.1) is 17.7 Å². The van der Waals surface area contributed by atoms with Crippen LogP contribution in [-0.4, -0.2) is 40.3 Å². The SMILES string of the molecule is CCOc1ccc(-c2csc(NC(=O)C(Cc3ccccc3)N3C(=O)C4CCC(C)(C3=O)C4(C)C)n2)cc1. The van der Waals surface area contributed by atoms with Gasteiger partial charge in [0.1, 0.15) is 11.8 Å². The quantitative estimate of drug-likeness (QED) is 0.384. The number of carbonyl (C=O) groups is 3. The van der Waals surface area contributed by atoms with E-state index in [4.69, 9.17) is 4.74 Å². The molecule has 0 radical (unpaired) electrons. The summed E-state index contributed by atoms with van der Waals surface area (Å²) in [6.45, 7) is 8.47. The van der Waals surface area contributed by atoms with Crippen molar-refractivity contribution in [2.45, 2.75) is 53.0 Å². The van der Waals surface area contributed by atoms with Crippen LogP contribution in [0, 0.1) is 16.7 Å². The van der Waals surface area contributed by atoms with Crippen LogP contribution in [0.4, 0.5) is 5.13 Å². The van der Waals surface area contributed by atoms with Gasteiger partial charge in [-0.3, -0.25) is 19.3 Å². The van der Waals surface area contributed by atoms with Crippen LogP contribution >= 0.6 is 11.3 Å². The maximum atomic E-state index is 13.9. The first-order valence-electron chi connectivity index (χ1n) is 13.1. The van der Waals surface area contributed by atoms with Gasteiger partial charge in [-0.25, -0.2) is 4.98 Å². The highest BCUT2D eigenvalue weighted by molar-refractivity contribution is 7.14. The molecule has 1 N–H and O–H groups in total. The van der Waals surface area contributed by atoms with E-state index in [0.717, 1.165) is 22.6 Å². The molecule has 3 atom stereocenters. The summed E-state index contributed by atoms with van der Waals surface area (Å²) in [6.07, 6.45) is 1.54. The Bertz CT molecular complexity index is 1350. The number of carbonyl (C=O) groups excluding carboxylic acids is 3. The lowest BCUT2D eigenvalue weighted by atomic mass is 9.62. The average molecular weight is 532 g/mol. The number of thiazole rings is 1. The summed E-state index contributed by atoms with van der Waals surface area (Å²) in [5.74, 6) is -0.425. The second-order valence-electron chi connectivity index (χ2n) is 10.8. The maximum Gasteiger partial charge on any atom is 0.249 e. The number of hydrogen-bond donors (Lipinski definition) is 1. The van der Waals surface area contributed by atoms with E-state index in [1.54, 1.807) is 0 Å². The molecular formula is C30H33N3O4S. The number of likely N-dealkylation sites (tertiary alicyclic amines) is 1. The molecule has 2 heterocycles. The topological polar surface area (TPSA) is 88.6 Å². The molecule has 1 aliphatic heterocycles. The number of nitrogens with one attached hydrogen (secondary N) is 1. The first kappa shape index (κ1) is 26.1. The molecule has 7 nitrogen and oxygen atoms in total. The molecular weight excluding hydrogens is 498 g/mol. The largest absolute Gasteiger partial charge is 0.494 e. The number of imide groups is 1. The van der Waals surface area contributed by atoms with Gasteiger partial charge in [-0.1, -0.05) is 51.1 Å². The van der Waals surface area contributed by atoms with Gasteiger partial charge in [-0.2, -0.15) is 0 Å². The van der Waals surface area contributed by atoms with Crippen LogP contribution in [0.2, 0.25) is 0 Å². The van der Waals surface area contributed by atoms with Crippen molar-refractivity contribution in [3.63, 3.8) is 0 Å². The van der Waals surface area contributed by atoms with E-state index in [2.05, 4.69) is 10.3 Å². The summed E-state index contributed by atoms with van der Waals surface area (Å²) >= 11 is 1.31. The van der Waals surface area contributed by atoms with Crippen molar-refractivity contribution < 1.29 is 19.1 Å². The summed E-state index contributed by atoms with van der Waals surface area (Å²) in [7, 11) is 0. The summed E-state index contributed by atoms with van der Waals surface area (Å²) in [6, 6.07) is 16.2. The van der Waals surface area contributed by atoms with Crippen LogP contribution in [0.1, 0.15) is 46.1 Å². The standard InChI is InChI=1S/C30H33N3O4S/c1-5-37-21-13-11-20(12-14-21)23-18-38-28(31-23)32-25(34)24(17-19-9-7-6-8-10-19)33-26(35)22-15-16-30(4,27(33)36)29(22,2)3/h6-14,18,22,24H,5,15-17H2,1-4H3,(H,31,32,34). The minimum atomic E-state index is -0.966. The zero-order chi connectivity index (χ0) is 27.1. The summed E-state index contributed by atoms with van der Waals surface area (Å²) in [4.78, 5) is 47.2. The number of aromatic nitrogens is 1. The number of piperidine rings is 1. The molecule has 3 unspecified atom stereocenters. The first-order valence-corrected chi connectivity index (χ1v) is 13.9. The number of fused-ring (bicyclic) bond motifs is 2. The molecule has 38 heavy (non-hydrogen) atoms. The molecule has 0 spiro atoms. The van der Waals surface area contributed by atoms with Gasteiger partial charge in [0.2, 0.25) is 17.7 Å². The maximum absolute atomic E-state index is 13.9. The molecule has 198 valence electrons. The van der Waals surface area contributed by atoms with Crippen molar-refractivity contribution in [1.29, 1.82) is 0 Å². The van der Waals surface area contributed by atoms with Crippen LogP contribution in [0.15, 0.2) is 60.0 Å². The summed E-state index contributed by atoms with van der Waals surface area (Å²) in [5, 5.41) is 5.20.